The summed E-state index contributed by atoms with van der Waals surface area (Å²) in [4.78, 5) is 5.29. The molecule has 0 aromatic carbocycles. The number of ether oxygens (including phenoxy) is 1. The third kappa shape index (κ3) is 2.82. The summed E-state index contributed by atoms with van der Waals surface area (Å²) in [5.74, 6) is 1.78. The van der Waals surface area contributed by atoms with E-state index < -0.39 is 0 Å². The number of hydrogen-bond donors (Lipinski definition) is 0. The molecule has 2 rings (SSSR count). The summed E-state index contributed by atoms with van der Waals surface area (Å²) < 4.78 is 5.45. The molecule has 0 radical (unpaired) electrons. The van der Waals surface area contributed by atoms with Crippen LogP contribution < -0.4 is 4.74 Å². The first-order valence-electron chi connectivity index (χ1n) is 6.25. The molecule has 2 unspecified atom stereocenters. The summed E-state index contributed by atoms with van der Waals surface area (Å²) in [6.45, 7) is 4.17. The van der Waals surface area contributed by atoms with Crippen molar-refractivity contribution in [2.45, 2.75) is 44.4 Å². The van der Waals surface area contributed by atoms with Gasteiger partial charge in [0.1, 0.15) is 5.75 Å². The van der Waals surface area contributed by atoms with Gasteiger partial charge in [0.25, 0.3) is 0 Å². The largest absolute Gasteiger partial charge is 0.496 e. The molecule has 3 heteroatoms. The lowest BCUT2D eigenvalue weighted by Gasteiger charge is -2.15. The fourth-order valence-corrected chi connectivity index (χ4v) is 3.54. The fraction of sp³-hybridized carbons (Fsp3) is 0.643. The molecule has 1 aliphatic carbocycles. The van der Waals surface area contributed by atoms with E-state index in [4.69, 9.17) is 4.74 Å². The zero-order valence-corrected chi connectivity index (χ0v) is 12.4. The first-order chi connectivity index (χ1) is 8.11. The molecule has 1 aliphatic rings. The lowest BCUT2D eigenvalue weighted by Crippen LogP contribution is -2.06. The van der Waals surface area contributed by atoms with Gasteiger partial charge in [0.05, 0.1) is 7.11 Å². The summed E-state index contributed by atoms with van der Waals surface area (Å²) in [5, 5.41) is 0. The first kappa shape index (κ1) is 12.9. The van der Waals surface area contributed by atoms with Crippen LogP contribution in [0.15, 0.2) is 6.20 Å². The van der Waals surface area contributed by atoms with E-state index in [1.165, 1.54) is 30.5 Å². The van der Waals surface area contributed by atoms with Crippen molar-refractivity contribution in [1.29, 1.82) is 0 Å². The molecule has 0 amide bonds. The average molecular weight is 298 g/mol. The normalized spacial score (nSPS) is 24.0. The SMILES string of the molecule is COc1c(C)cnc(CC2CCC(Br)C2)c1C. The van der Waals surface area contributed by atoms with Gasteiger partial charge in [0.15, 0.2) is 0 Å². The number of halogens is 1. The van der Waals surface area contributed by atoms with E-state index in [2.05, 4.69) is 27.8 Å². The molecule has 1 fully saturated rings. The highest BCUT2D eigenvalue weighted by molar-refractivity contribution is 9.09. The summed E-state index contributed by atoms with van der Waals surface area (Å²) in [5.41, 5.74) is 3.54. The molecule has 1 heterocycles. The Morgan fingerprint density at radius 1 is 1.41 bits per heavy atom. The van der Waals surface area contributed by atoms with E-state index in [-0.39, 0.29) is 0 Å². The van der Waals surface area contributed by atoms with Crippen LogP contribution in [0, 0.1) is 19.8 Å². The lowest BCUT2D eigenvalue weighted by molar-refractivity contribution is 0.405. The van der Waals surface area contributed by atoms with Crippen molar-refractivity contribution in [3.05, 3.63) is 23.0 Å². The summed E-state index contributed by atoms with van der Waals surface area (Å²) in [7, 11) is 1.74. The second-order valence-corrected chi connectivity index (χ2v) is 6.32. The minimum Gasteiger partial charge on any atom is -0.496 e. The maximum absolute atomic E-state index is 5.45. The number of pyridine rings is 1. The molecule has 1 aromatic heterocycles. The molecule has 1 saturated carbocycles. The van der Waals surface area contributed by atoms with Crippen LogP contribution >= 0.6 is 15.9 Å². The van der Waals surface area contributed by atoms with Crippen LogP contribution in [0.1, 0.15) is 36.1 Å². The molecular weight excluding hydrogens is 278 g/mol. The van der Waals surface area contributed by atoms with Gasteiger partial charge in [-0.15, -0.1) is 0 Å². The average Bonchev–Trinajstić information content (AvgIpc) is 2.69. The monoisotopic (exact) mass is 297 g/mol. The molecule has 94 valence electrons. The maximum atomic E-state index is 5.45. The second kappa shape index (κ2) is 5.38. The number of aromatic nitrogens is 1. The number of aryl methyl sites for hydroxylation is 1. The van der Waals surface area contributed by atoms with Crippen LogP contribution in [0.5, 0.6) is 5.75 Å². The minimum absolute atomic E-state index is 0.708. The van der Waals surface area contributed by atoms with Gasteiger partial charge in [-0.3, -0.25) is 4.98 Å². The van der Waals surface area contributed by atoms with Crippen molar-refractivity contribution in [2.24, 2.45) is 5.92 Å². The molecule has 0 aliphatic heterocycles. The van der Waals surface area contributed by atoms with Crippen molar-refractivity contribution in [1.82, 2.24) is 4.98 Å². The second-order valence-electron chi connectivity index (χ2n) is 5.03. The van der Waals surface area contributed by atoms with Gasteiger partial charge in [0, 0.05) is 27.8 Å². The molecule has 0 N–H and O–H groups in total. The third-order valence-electron chi connectivity index (χ3n) is 3.71. The highest BCUT2D eigenvalue weighted by Crippen LogP contribution is 2.34. The van der Waals surface area contributed by atoms with Crippen molar-refractivity contribution in [3.8, 4) is 5.75 Å². The van der Waals surface area contributed by atoms with Crippen molar-refractivity contribution in [3.63, 3.8) is 0 Å². The third-order valence-corrected chi connectivity index (χ3v) is 4.54. The Labute approximate surface area is 112 Å². The molecule has 0 bridgehead atoms. The van der Waals surface area contributed by atoms with E-state index in [1.54, 1.807) is 7.11 Å². The van der Waals surface area contributed by atoms with E-state index >= 15 is 0 Å². The van der Waals surface area contributed by atoms with Crippen LogP contribution in [-0.2, 0) is 6.42 Å². The lowest BCUT2D eigenvalue weighted by atomic mass is 9.98. The van der Waals surface area contributed by atoms with Crippen LogP contribution in [0.3, 0.4) is 0 Å². The predicted molar refractivity (Wildman–Crippen MR) is 74.0 cm³/mol. The topological polar surface area (TPSA) is 22.1 Å². The Balaban J connectivity index is 2.16. The van der Waals surface area contributed by atoms with Gasteiger partial charge in [-0.1, -0.05) is 15.9 Å². The molecule has 1 aromatic rings. The first-order valence-corrected chi connectivity index (χ1v) is 7.16. The summed E-state index contributed by atoms with van der Waals surface area (Å²) in [6.07, 6.45) is 6.91. The number of alkyl halides is 1. The zero-order valence-electron chi connectivity index (χ0n) is 10.8. The van der Waals surface area contributed by atoms with Gasteiger partial charge < -0.3 is 4.74 Å². The van der Waals surface area contributed by atoms with Crippen LogP contribution in [0.4, 0.5) is 0 Å². The Kier molecular flexibility index (Phi) is 4.08. The number of rotatable bonds is 3. The highest BCUT2D eigenvalue weighted by atomic mass is 79.9. The van der Waals surface area contributed by atoms with Crippen molar-refractivity contribution in [2.75, 3.05) is 7.11 Å². The zero-order chi connectivity index (χ0) is 12.4. The van der Waals surface area contributed by atoms with Crippen molar-refractivity contribution >= 4 is 15.9 Å². The summed E-state index contributed by atoms with van der Waals surface area (Å²) in [6, 6.07) is 0. The Morgan fingerprint density at radius 2 is 2.18 bits per heavy atom. The molecule has 2 nitrogen and oxygen atoms in total. The van der Waals surface area contributed by atoms with Crippen molar-refractivity contribution < 1.29 is 4.74 Å². The molecule has 17 heavy (non-hydrogen) atoms. The minimum atomic E-state index is 0.708. The predicted octanol–water partition coefficient (Wildman–Crippen LogP) is 3.81. The standard InChI is InChI=1S/C14H20BrNO/c1-9-8-16-13(10(2)14(9)17-3)7-11-4-5-12(15)6-11/h8,11-12H,4-7H2,1-3H3. The molecule has 0 saturated heterocycles. The summed E-state index contributed by atoms with van der Waals surface area (Å²) >= 11 is 3.71. The Bertz CT molecular complexity index is 405. The fourth-order valence-electron chi connectivity index (χ4n) is 2.75. The Morgan fingerprint density at radius 3 is 2.76 bits per heavy atom. The van der Waals surface area contributed by atoms with Gasteiger partial charge in [-0.05, 0) is 45.4 Å². The smallest absolute Gasteiger partial charge is 0.128 e. The molecule has 0 spiro atoms. The van der Waals surface area contributed by atoms with Crippen LogP contribution in [0.25, 0.3) is 0 Å². The number of hydrogen-bond acceptors (Lipinski definition) is 2. The number of methoxy groups -OCH3 is 1. The number of nitrogens with zero attached hydrogens (tertiary/aromatic N) is 1. The van der Waals surface area contributed by atoms with Crippen LogP contribution in [-0.4, -0.2) is 16.9 Å². The molecular formula is C14H20BrNO. The Hall–Kier alpha value is -0.570. The van der Waals surface area contributed by atoms with Gasteiger partial charge in [-0.25, -0.2) is 0 Å². The van der Waals surface area contributed by atoms with E-state index in [0.717, 1.165) is 23.7 Å². The van der Waals surface area contributed by atoms with Gasteiger partial charge >= 0.3 is 0 Å². The van der Waals surface area contributed by atoms with Gasteiger partial charge in [-0.2, -0.15) is 0 Å². The highest BCUT2D eigenvalue weighted by Gasteiger charge is 2.24. The maximum Gasteiger partial charge on any atom is 0.128 e. The molecule has 2 atom stereocenters. The van der Waals surface area contributed by atoms with Gasteiger partial charge in [0.2, 0.25) is 0 Å². The van der Waals surface area contributed by atoms with E-state index in [0.29, 0.717) is 4.83 Å². The quantitative estimate of drug-likeness (QED) is 0.792. The van der Waals surface area contributed by atoms with Crippen LogP contribution in [0.2, 0.25) is 0 Å². The van der Waals surface area contributed by atoms with E-state index in [9.17, 15) is 0 Å². The van der Waals surface area contributed by atoms with E-state index in [1.807, 2.05) is 13.1 Å².